The highest BCUT2D eigenvalue weighted by atomic mass is 16.5. The Morgan fingerprint density at radius 1 is 1.06 bits per heavy atom. The maximum Gasteiger partial charge on any atom is 0.275 e. The summed E-state index contributed by atoms with van der Waals surface area (Å²) >= 11 is 0. The fourth-order valence-electron chi connectivity index (χ4n) is 4.70. The second-order valence-corrected chi connectivity index (χ2v) is 8.55. The Bertz CT molecular complexity index is 1300. The van der Waals surface area contributed by atoms with Crippen LogP contribution in [-0.4, -0.2) is 58.3 Å². The van der Waals surface area contributed by atoms with E-state index in [2.05, 4.69) is 22.4 Å². The summed E-state index contributed by atoms with van der Waals surface area (Å²) in [4.78, 5) is 20.5. The molecule has 1 atom stereocenters. The van der Waals surface area contributed by atoms with E-state index >= 15 is 0 Å². The van der Waals surface area contributed by atoms with E-state index in [0.29, 0.717) is 29.4 Å². The molecule has 0 saturated carbocycles. The predicted molar refractivity (Wildman–Crippen MR) is 135 cm³/mol. The quantitative estimate of drug-likeness (QED) is 0.449. The lowest BCUT2D eigenvalue weighted by atomic mass is 10.0. The van der Waals surface area contributed by atoms with Gasteiger partial charge in [-0.3, -0.25) is 9.36 Å². The lowest BCUT2D eigenvalue weighted by Gasteiger charge is -2.36. The minimum Gasteiger partial charge on any atom is -0.504 e. The summed E-state index contributed by atoms with van der Waals surface area (Å²) < 4.78 is 7.30. The number of rotatable bonds is 6. The van der Waals surface area contributed by atoms with Gasteiger partial charge in [-0.25, -0.2) is 4.98 Å². The molecule has 0 unspecified atom stereocenters. The summed E-state index contributed by atoms with van der Waals surface area (Å²) in [5.41, 5.74) is 3.70. The van der Waals surface area contributed by atoms with Crippen LogP contribution in [0.1, 0.15) is 16.1 Å². The Labute approximate surface area is 204 Å². The van der Waals surface area contributed by atoms with Crippen LogP contribution in [-0.2, 0) is 6.42 Å². The van der Waals surface area contributed by atoms with Gasteiger partial charge in [-0.1, -0.05) is 66.7 Å². The third-order valence-corrected chi connectivity index (χ3v) is 6.38. The maximum absolute atomic E-state index is 14.0. The molecule has 0 radical (unpaired) electrons. The number of aromatic nitrogens is 2. The van der Waals surface area contributed by atoms with Crippen molar-refractivity contribution in [3.63, 3.8) is 0 Å². The molecule has 2 N–H and O–H groups in total. The summed E-state index contributed by atoms with van der Waals surface area (Å²) in [6.07, 6.45) is 2.39. The number of nitrogens with zero attached hydrogens (tertiary/aromatic N) is 3. The summed E-state index contributed by atoms with van der Waals surface area (Å²) in [7, 11) is 1.51. The van der Waals surface area contributed by atoms with E-state index in [0.717, 1.165) is 25.1 Å². The number of imidazole rings is 1. The number of aromatic hydroxyl groups is 1. The van der Waals surface area contributed by atoms with Gasteiger partial charge in [0.15, 0.2) is 17.2 Å². The molecule has 1 aromatic heterocycles. The van der Waals surface area contributed by atoms with E-state index in [1.807, 2.05) is 64.1 Å². The van der Waals surface area contributed by atoms with Crippen molar-refractivity contribution in [1.29, 1.82) is 0 Å². The van der Waals surface area contributed by atoms with E-state index in [-0.39, 0.29) is 17.7 Å². The molecule has 7 nitrogen and oxygen atoms in total. The van der Waals surface area contributed by atoms with E-state index in [4.69, 9.17) is 4.74 Å². The van der Waals surface area contributed by atoms with Crippen LogP contribution in [0.2, 0.25) is 0 Å². The lowest BCUT2D eigenvalue weighted by Crippen LogP contribution is -2.54. The first kappa shape index (κ1) is 22.7. The monoisotopic (exact) mass is 468 g/mol. The first-order chi connectivity index (χ1) is 17.2. The molecular weight excluding hydrogens is 440 g/mol. The molecule has 1 amide bonds. The normalized spacial score (nSPS) is 15.7. The zero-order chi connectivity index (χ0) is 24.2. The molecule has 0 aliphatic carbocycles. The number of hydrogen-bond acceptors (Lipinski definition) is 5. The van der Waals surface area contributed by atoms with Gasteiger partial charge in [0.1, 0.15) is 6.33 Å². The molecule has 2 heterocycles. The van der Waals surface area contributed by atoms with Gasteiger partial charge in [0.25, 0.3) is 5.91 Å². The van der Waals surface area contributed by atoms with Crippen LogP contribution in [0.15, 0.2) is 85.2 Å². The fraction of sp³-hybridized carbons (Fsp3) is 0.214. The van der Waals surface area contributed by atoms with E-state index in [9.17, 15) is 9.90 Å². The number of carbonyl (C=O) groups excluding carboxylic acids is 1. The molecule has 1 saturated heterocycles. The Morgan fingerprint density at radius 3 is 2.54 bits per heavy atom. The van der Waals surface area contributed by atoms with E-state index < -0.39 is 0 Å². The zero-order valence-corrected chi connectivity index (χ0v) is 19.6. The summed E-state index contributed by atoms with van der Waals surface area (Å²) in [6.45, 7) is 2.06. The SMILES string of the molecule is COc1c(O)cccc1-n1cnc(C(=O)N2CCNC[C@H]2Cc2ccccc2)c1-c1ccccc1. The molecule has 4 aromatic rings. The molecule has 178 valence electrons. The van der Waals surface area contributed by atoms with Crippen LogP contribution in [0.25, 0.3) is 16.9 Å². The molecular formula is C28H28N4O3. The standard InChI is InChI=1S/C28H28N4O3/c1-35-27-23(13-8-14-24(27)33)32-19-30-25(26(32)21-11-6-3-7-12-21)28(34)31-16-15-29-18-22(31)17-20-9-4-2-5-10-20/h2-14,19,22,29,33H,15-18H2,1H3/t22-/m1/s1. The molecule has 1 aliphatic heterocycles. The van der Waals surface area contributed by atoms with E-state index in [1.165, 1.54) is 12.7 Å². The number of ether oxygens (including phenoxy) is 1. The van der Waals surface area contributed by atoms with Gasteiger partial charge in [0, 0.05) is 31.2 Å². The molecule has 35 heavy (non-hydrogen) atoms. The van der Waals surface area contributed by atoms with Gasteiger partial charge in [-0.05, 0) is 24.1 Å². The average molecular weight is 469 g/mol. The van der Waals surface area contributed by atoms with E-state index in [1.54, 1.807) is 18.5 Å². The van der Waals surface area contributed by atoms with Crippen LogP contribution in [0, 0.1) is 0 Å². The van der Waals surface area contributed by atoms with Gasteiger partial charge in [0.2, 0.25) is 0 Å². The van der Waals surface area contributed by atoms with Crippen LogP contribution >= 0.6 is 0 Å². The van der Waals surface area contributed by atoms with Gasteiger partial charge >= 0.3 is 0 Å². The molecule has 1 fully saturated rings. The van der Waals surface area contributed by atoms with Gasteiger partial charge in [-0.2, -0.15) is 0 Å². The first-order valence-corrected chi connectivity index (χ1v) is 11.7. The largest absolute Gasteiger partial charge is 0.504 e. The van der Waals surface area contributed by atoms with Crippen molar-refractivity contribution >= 4 is 5.91 Å². The van der Waals surface area contributed by atoms with Crippen LogP contribution in [0.3, 0.4) is 0 Å². The number of para-hydroxylation sites is 1. The molecule has 3 aromatic carbocycles. The van der Waals surface area contributed by atoms with Crippen LogP contribution in [0.4, 0.5) is 0 Å². The number of hydrogen-bond donors (Lipinski definition) is 2. The Kier molecular flexibility index (Phi) is 6.50. The zero-order valence-electron chi connectivity index (χ0n) is 19.6. The van der Waals surface area contributed by atoms with Crippen LogP contribution in [0.5, 0.6) is 11.5 Å². The Hall–Kier alpha value is -4.10. The Balaban J connectivity index is 1.58. The lowest BCUT2D eigenvalue weighted by molar-refractivity contribution is 0.0631. The highest BCUT2D eigenvalue weighted by Gasteiger charge is 2.32. The molecule has 5 rings (SSSR count). The highest BCUT2D eigenvalue weighted by Crippen LogP contribution is 2.36. The fourth-order valence-corrected chi connectivity index (χ4v) is 4.70. The molecule has 7 heteroatoms. The second kappa shape index (κ2) is 10.0. The molecule has 0 bridgehead atoms. The van der Waals surface area contributed by atoms with Gasteiger partial charge < -0.3 is 20.1 Å². The summed E-state index contributed by atoms with van der Waals surface area (Å²) in [6, 6.07) is 25.1. The number of carbonyl (C=O) groups is 1. The van der Waals surface area contributed by atoms with Crippen molar-refractivity contribution in [2.75, 3.05) is 26.7 Å². The second-order valence-electron chi connectivity index (χ2n) is 8.55. The van der Waals surface area contributed by atoms with Crippen molar-refractivity contribution in [3.05, 3.63) is 96.4 Å². The third kappa shape index (κ3) is 4.50. The number of phenols is 1. The molecule has 1 aliphatic rings. The highest BCUT2D eigenvalue weighted by molar-refractivity contribution is 5.99. The number of amides is 1. The average Bonchev–Trinajstić information content (AvgIpc) is 3.34. The number of benzene rings is 3. The van der Waals surface area contributed by atoms with Gasteiger partial charge in [0.05, 0.1) is 18.5 Å². The first-order valence-electron chi connectivity index (χ1n) is 11.7. The van der Waals surface area contributed by atoms with Crippen molar-refractivity contribution in [1.82, 2.24) is 19.8 Å². The molecule has 0 spiro atoms. The maximum atomic E-state index is 14.0. The number of methoxy groups -OCH3 is 1. The Morgan fingerprint density at radius 2 is 1.80 bits per heavy atom. The van der Waals surface area contributed by atoms with Crippen molar-refractivity contribution in [3.8, 4) is 28.4 Å². The number of nitrogens with one attached hydrogen (secondary N) is 1. The topological polar surface area (TPSA) is 79.6 Å². The third-order valence-electron chi connectivity index (χ3n) is 6.38. The summed E-state index contributed by atoms with van der Waals surface area (Å²) in [5, 5.41) is 13.8. The van der Waals surface area contributed by atoms with Crippen molar-refractivity contribution < 1.29 is 14.6 Å². The van der Waals surface area contributed by atoms with Crippen LogP contribution < -0.4 is 10.1 Å². The summed E-state index contributed by atoms with van der Waals surface area (Å²) in [5.74, 6) is 0.241. The van der Waals surface area contributed by atoms with Crippen molar-refractivity contribution in [2.24, 2.45) is 0 Å². The minimum absolute atomic E-state index is 0.0164. The smallest absolute Gasteiger partial charge is 0.275 e. The van der Waals surface area contributed by atoms with Crippen molar-refractivity contribution in [2.45, 2.75) is 12.5 Å². The van der Waals surface area contributed by atoms with Gasteiger partial charge in [-0.15, -0.1) is 0 Å². The number of phenolic OH excluding ortho intramolecular Hbond substituents is 1. The predicted octanol–water partition coefficient (Wildman–Crippen LogP) is 3.91. The number of piperazine rings is 1. The minimum atomic E-state index is -0.107.